The first kappa shape index (κ1) is 11.3. The summed E-state index contributed by atoms with van der Waals surface area (Å²) in [6.45, 7) is 0.149. The second-order valence-corrected chi connectivity index (χ2v) is 4.68. The molecule has 1 saturated heterocycles. The van der Waals surface area contributed by atoms with Gasteiger partial charge in [-0.1, -0.05) is 29.4 Å². The Hall–Kier alpha value is -1.20. The Morgan fingerprint density at radius 2 is 2.19 bits per heavy atom. The van der Waals surface area contributed by atoms with Gasteiger partial charge >= 0.3 is 0 Å². The Morgan fingerprint density at radius 3 is 2.75 bits per heavy atom. The van der Waals surface area contributed by atoms with Gasteiger partial charge < -0.3 is 5.73 Å². The summed E-state index contributed by atoms with van der Waals surface area (Å²) in [5.41, 5.74) is 6.86. The summed E-state index contributed by atoms with van der Waals surface area (Å²) in [6.07, 6.45) is 0. The van der Waals surface area contributed by atoms with Gasteiger partial charge in [-0.05, 0) is 12.1 Å². The number of thioether (sulfide) groups is 1. The maximum absolute atomic E-state index is 11.4. The fraction of sp³-hybridized carbons (Fsp3) is 0.200. The third-order valence-corrected chi connectivity index (χ3v) is 3.52. The van der Waals surface area contributed by atoms with Crippen molar-refractivity contribution in [2.75, 3.05) is 11.5 Å². The molecule has 6 heteroatoms. The number of carbonyl (C=O) groups is 2. The van der Waals surface area contributed by atoms with Crippen LogP contribution in [0.25, 0.3) is 0 Å². The molecular weight excluding hydrogens is 248 g/mol. The topological polar surface area (TPSA) is 63.4 Å². The zero-order chi connectivity index (χ0) is 11.7. The molecule has 0 aromatic heterocycles. The highest BCUT2D eigenvalue weighted by molar-refractivity contribution is 8.14. The molecule has 84 valence electrons. The molecule has 1 aromatic rings. The molecule has 2 rings (SSSR count). The van der Waals surface area contributed by atoms with Gasteiger partial charge in [0.15, 0.2) is 0 Å². The van der Waals surface area contributed by atoms with Gasteiger partial charge in [-0.15, -0.1) is 0 Å². The summed E-state index contributed by atoms with van der Waals surface area (Å²) in [6, 6.07) is 5.11. The Bertz CT molecular complexity index is 428. The van der Waals surface area contributed by atoms with E-state index in [0.29, 0.717) is 16.3 Å². The standard InChI is InChI=1S/C10H9ClN2O2S/c11-7-2-1-3-8(12)6(7)4-13-9(14)5-16-10(13)15/h1-3H,4-5,12H2. The first-order valence-electron chi connectivity index (χ1n) is 4.59. The molecule has 0 bridgehead atoms. The minimum absolute atomic E-state index is 0.149. The molecular formula is C10H9ClN2O2S. The van der Waals surface area contributed by atoms with Gasteiger partial charge in [-0.3, -0.25) is 14.5 Å². The molecule has 4 nitrogen and oxygen atoms in total. The lowest BCUT2D eigenvalue weighted by atomic mass is 10.1. The normalized spacial score (nSPS) is 15.9. The predicted molar refractivity (Wildman–Crippen MR) is 64.3 cm³/mol. The first-order chi connectivity index (χ1) is 7.59. The number of hydrogen-bond donors (Lipinski definition) is 1. The van der Waals surface area contributed by atoms with Crippen LogP contribution >= 0.6 is 23.4 Å². The van der Waals surface area contributed by atoms with Crippen LogP contribution in [0.3, 0.4) is 0 Å². The van der Waals surface area contributed by atoms with Crippen LogP contribution in [0.15, 0.2) is 18.2 Å². The fourth-order valence-electron chi connectivity index (χ4n) is 1.43. The number of anilines is 1. The van der Waals surface area contributed by atoms with Crippen LogP contribution in [0.1, 0.15) is 5.56 Å². The van der Waals surface area contributed by atoms with E-state index in [1.54, 1.807) is 18.2 Å². The minimum atomic E-state index is -0.246. The van der Waals surface area contributed by atoms with Crippen molar-refractivity contribution in [3.63, 3.8) is 0 Å². The lowest BCUT2D eigenvalue weighted by Crippen LogP contribution is -2.28. The third kappa shape index (κ3) is 2.01. The van der Waals surface area contributed by atoms with Crippen LogP contribution in [0.2, 0.25) is 5.02 Å². The van der Waals surface area contributed by atoms with Crippen molar-refractivity contribution < 1.29 is 9.59 Å². The summed E-state index contributed by atoms with van der Waals surface area (Å²) in [7, 11) is 0. The second-order valence-electron chi connectivity index (χ2n) is 3.34. The molecule has 2 amide bonds. The molecule has 1 aliphatic heterocycles. The van der Waals surface area contributed by atoms with E-state index >= 15 is 0 Å². The molecule has 0 atom stereocenters. The van der Waals surface area contributed by atoms with E-state index in [1.165, 1.54) is 4.90 Å². The van der Waals surface area contributed by atoms with Crippen LogP contribution in [0.4, 0.5) is 10.5 Å². The number of halogens is 1. The smallest absolute Gasteiger partial charge is 0.289 e. The van der Waals surface area contributed by atoms with Crippen LogP contribution in [0, 0.1) is 0 Å². The van der Waals surface area contributed by atoms with E-state index in [2.05, 4.69) is 0 Å². The SMILES string of the molecule is Nc1cccc(Cl)c1CN1C(=O)CSC1=O. The largest absolute Gasteiger partial charge is 0.398 e. The highest BCUT2D eigenvalue weighted by atomic mass is 35.5. The highest BCUT2D eigenvalue weighted by Crippen LogP contribution is 2.27. The molecule has 1 aromatic carbocycles. The maximum Gasteiger partial charge on any atom is 0.289 e. The van der Waals surface area contributed by atoms with E-state index in [1.807, 2.05) is 0 Å². The van der Waals surface area contributed by atoms with Crippen molar-refractivity contribution in [1.29, 1.82) is 0 Å². The number of benzene rings is 1. The number of rotatable bonds is 2. The summed E-state index contributed by atoms with van der Waals surface area (Å²) >= 11 is 6.97. The van der Waals surface area contributed by atoms with Crippen LogP contribution in [-0.4, -0.2) is 21.8 Å². The minimum Gasteiger partial charge on any atom is -0.398 e. The summed E-state index contributed by atoms with van der Waals surface area (Å²) in [5.74, 6) is -0.00209. The number of nitrogen functional groups attached to an aromatic ring is 1. The number of nitrogens with zero attached hydrogens (tertiary/aromatic N) is 1. The van der Waals surface area contributed by atoms with E-state index in [-0.39, 0.29) is 23.4 Å². The lowest BCUT2D eigenvalue weighted by molar-refractivity contribution is -0.124. The molecule has 1 heterocycles. The summed E-state index contributed by atoms with van der Waals surface area (Å²) in [5, 5.41) is 0.224. The zero-order valence-corrected chi connectivity index (χ0v) is 9.85. The van der Waals surface area contributed by atoms with Gasteiger partial charge in [-0.25, -0.2) is 0 Å². The van der Waals surface area contributed by atoms with Crippen LogP contribution in [0.5, 0.6) is 0 Å². The third-order valence-electron chi connectivity index (χ3n) is 2.31. The lowest BCUT2D eigenvalue weighted by Gasteiger charge is -2.15. The highest BCUT2D eigenvalue weighted by Gasteiger charge is 2.30. The van der Waals surface area contributed by atoms with Gasteiger partial charge in [0.25, 0.3) is 5.24 Å². The molecule has 0 radical (unpaired) electrons. The number of amides is 2. The van der Waals surface area contributed by atoms with Crippen molar-refractivity contribution >= 4 is 40.2 Å². The van der Waals surface area contributed by atoms with E-state index in [0.717, 1.165) is 11.8 Å². The Labute approximate surface area is 102 Å². The average Bonchev–Trinajstić information content (AvgIpc) is 2.54. The van der Waals surface area contributed by atoms with Gasteiger partial charge in [0.2, 0.25) is 5.91 Å². The number of hydrogen-bond acceptors (Lipinski definition) is 4. The average molecular weight is 257 g/mol. The quantitative estimate of drug-likeness (QED) is 0.824. The van der Waals surface area contributed by atoms with Gasteiger partial charge in [0, 0.05) is 16.3 Å². The van der Waals surface area contributed by atoms with E-state index < -0.39 is 0 Å². The van der Waals surface area contributed by atoms with Gasteiger partial charge in [0.05, 0.1) is 12.3 Å². The maximum atomic E-state index is 11.4. The number of imide groups is 1. The molecule has 0 spiro atoms. The Morgan fingerprint density at radius 1 is 1.44 bits per heavy atom. The van der Waals surface area contributed by atoms with Crippen molar-refractivity contribution in [2.24, 2.45) is 0 Å². The molecule has 16 heavy (non-hydrogen) atoms. The van der Waals surface area contributed by atoms with Crippen molar-refractivity contribution in [2.45, 2.75) is 6.54 Å². The van der Waals surface area contributed by atoms with Crippen molar-refractivity contribution in [3.05, 3.63) is 28.8 Å². The fourth-order valence-corrected chi connectivity index (χ4v) is 2.40. The van der Waals surface area contributed by atoms with Crippen molar-refractivity contribution in [3.8, 4) is 0 Å². The van der Waals surface area contributed by atoms with E-state index in [9.17, 15) is 9.59 Å². The van der Waals surface area contributed by atoms with Crippen LogP contribution in [-0.2, 0) is 11.3 Å². The van der Waals surface area contributed by atoms with Gasteiger partial charge in [-0.2, -0.15) is 0 Å². The molecule has 1 aliphatic rings. The molecule has 0 saturated carbocycles. The Balaban J connectivity index is 2.27. The molecule has 0 unspecified atom stereocenters. The van der Waals surface area contributed by atoms with Gasteiger partial charge in [0.1, 0.15) is 0 Å². The Kier molecular flexibility index (Phi) is 3.07. The predicted octanol–water partition coefficient (Wildman–Crippen LogP) is 2.12. The number of carbonyl (C=O) groups excluding carboxylic acids is 2. The van der Waals surface area contributed by atoms with E-state index in [4.69, 9.17) is 17.3 Å². The first-order valence-corrected chi connectivity index (χ1v) is 5.96. The number of nitrogens with two attached hydrogens (primary N) is 1. The molecule has 0 aliphatic carbocycles. The monoisotopic (exact) mass is 256 g/mol. The summed E-state index contributed by atoms with van der Waals surface area (Å²) < 4.78 is 0. The summed E-state index contributed by atoms with van der Waals surface area (Å²) in [4.78, 5) is 24.0. The molecule has 2 N–H and O–H groups in total. The van der Waals surface area contributed by atoms with Crippen molar-refractivity contribution in [1.82, 2.24) is 4.90 Å². The van der Waals surface area contributed by atoms with Crippen LogP contribution < -0.4 is 5.73 Å². The molecule has 1 fully saturated rings. The zero-order valence-electron chi connectivity index (χ0n) is 8.27. The second kappa shape index (κ2) is 4.35.